The van der Waals surface area contributed by atoms with Gasteiger partial charge in [-0.25, -0.2) is 0 Å². The predicted molar refractivity (Wildman–Crippen MR) is 56.7 cm³/mol. The van der Waals surface area contributed by atoms with E-state index in [1.807, 2.05) is 6.92 Å². The quantitative estimate of drug-likeness (QED) is 0.609. The lowest BCUT2D eigenvalue weighted by Crippen LogP contribution is -2.11. The highest BCUT2D eigenvalue weighted by Crippen LogP contribution is 2.17. The molecule has 1 rings (SSSR count). The van der Waals surface area contributed by atoms with E-state index in [2.05, 4.69) is 26.0 Å². The molecule has 0 spiro atoms. The van der Waals surface area contributed by atoms with Gasteiger partial charge in [-0.2, -0.15) is 0 Å². The Hall–Kier alpha value is -0.763. The van der Waals surface area contributed by atoms with E-state index in [9.17, 15) is 0 Å². The van der Waals surface area contributed by atoms with E-state index in [0.717, 1.165) is 22.6 Å². The lowest BCUT2D eigenvalue weighted by Gasteiger charge is -2.12. The maximum absolute atomic E-state index is 5.58. The van der Waals surface area contributed by atoms with Gasteiger partial charge in [-0.15, -0.1) is 0 Å². The van der Waals surface area contributed by atoms with E-state index in [0.29, 0.717) is 0 Å². The number of aryl methyl sites for hydroxylation is 1. The van der Waals surface area contributed by atoms with Crippen LogP contribution in [0.25, 0.3) is 0 Å². The molecule has 0 amide bonds. The monoisotopic (exact) mass is 180 g/mol. The lowest BCUT2D eigenvalue weighted by molar-refractivity contribution is 0.340. The van der Waals surface area contributed by atoms with Gasteiger partial charge in [0.25, 0.3) is 0 Å². The number of ether oxygens (including phenoxy) is 1. The standard InChI is InChI=1S/C10H16OSi/c1-4-11-10-8(3)7(2)5-6-9(10)12/h5-6H,4H2,1-3,12H3. The molecule has 0 saturated heterocycles. The van der Waals surface area contributed by atoms with Crippen LogP contribution in [0.2, 0.25) is 0 Å². The van der Waals surface area contributed by atoms with E-state index < -0.39 is 0 Å². The van der Waals surface area contributed by atoms with Crippen molar-refractivity contribution in [1.82, 2.24) is 0 Å². The van der Waals surface area contributed by atoms with Crippen molar-refractivity contribution in [2.75, 3.05) is 6.61 Å². The van der Waals surface area contributed by atoms with E-state index in [4.69, 9.17) is 4.74 Å². The van der Waals surface area contributed by atoms with Gasteiger partial charge in [0.15, 0.2) is 0 Å². The molecule has 0 N–H and O–H groups in total. The Bertz CT molecular complexity index is 281. The molecule has 1 nitrogen and oxygen atoms in total. The minimum absolute atomic E-state index is 0.763. The molecule has 12 heavy (non-hydrogen) atoms. The van der Waals surface area contributed by atoms with Crippen LogP contribution in [0.4, 0.5) is 0 Å². The third-order valence-corrected chi connectivity index (χ3v) is 2.95. The first-order valence-electron chi connectivity index (χ1n) is 4.36. The molecule has 0 saturated carbocycles. The molecule has 0 radical (unpaired) electrons. The molecule has 0 aliphatic heterocycles. The predicted octanol–water partition coefficient (Wildman–Crippen LogP) is 0.693. The zero-order valence-electron chi connectivity index (χ0n) is 8.27. The van der Waals surface area contributed by atoms with E-state index >= 15 is 0 Å². The second-order valence-corrected chi connectivity index (χ2v) is 4.16. The molecule has 0 aliphatic carbocycles. The van der Waals surface area contributed by atoms with Gasteiger partial charge in [-0.1, -0.05) is 12.1 Å². The number of hydrogen-bond acceptors (Lipinski definition) is 1. The Morgan fingerprint density at radius 3 is 2.58 bits per heavy atom. The summed E-state index contributed by atoms with van der Waals surface area (Å²) in [5.74, 6) is 1.11. The van der Waals surface area contributed by atoms with Crippen molar-refractivity contribution in [3.63, 3.8) is 0 Å². The van der Waals surface area contributed by atoms with Crippen molar-refractivity contribution in [2.24, 2.45) is 0 Å². The molecule has 0 unspecified atom stereocenters. The van der Waals surface area contributed by atoms with Gasteiger partial charge < -0.3 is 4.74 Å². The Balaban J connectivity index is 3.14. The van der Waals surface area contributed by atoms with Crippen LogP contribution in [0.5, 0.6) is 5.75 Å². The fraction of sp³-hybridized carbons (Fsp3) is 0.400. The van der Waals surface area contributed by atoms with Crippen LogP contribution in [0.1, 0.15) is 18.1 Å². The van der Waals surface area contributed by atoms with Gasteiger partial charge in [-0.3, -0.25) is 0 Å². The largest absolute Gasteiger partial charge is 0.494 e. The third-order valence-electron chi connectivity index (χ3n) is 2.16. The van der Waals surface area contributed by atoms with Gasteiger partial charge >= 0.3 is 0 Å². The summed E-state index contributed by atoms with van der Waals surface area (Å²) in [5, 5.41) is 1.36. The maximum Gasteiger partial charge on any atom is 0.120 e. The van der Waals surface area contributed by atoms with Crippen LogP contribution in [-0.2, 0) is 0 Å². The van der Waals surface area contributed by atoms with Crippen LogP contribution < -0.4 is 9.92 Å². The first kappa shape index (κ1) is 9.33. The summed E-state index contributed by atoms with van der Waals surface area (Å²) in [6, 6.07) is 4.33. The zero-order valence-corrected chi connectivity index (χ0v) is 10.3. The number of benzene rings is 1. The van der Waals surface area contributed by atoms with Crippen molar-refractivity contribution >= 4 is 15.4 Å². The molecule has 0 aliphatic rings. The van der Waals surface area contributed by atoms with Gasteiger partial charge in [0.05, 0.1) is 6.61 Å². The Labute approximate surface area is 77.2 Å². The molecule has 1 aromatic rings. The molecule has 0 heterocycles. The van der Waals surface area contributed by atoms with E-state index in [1.165, 1.54) is 16.3 Å². The minimum atomic E-state index is 0.763. The molecule has 0 atom stereocenters. The second-order valence-electron chi connectivity index (χ2n) is 3.09. The Morgan fingerprint density at radius 1 is 1.33 bits per heavy atom. The first-order valence-corrected chi connectivity index (χ1v) is 5.36. The summed E-state index contributed by atoms with van der Waals surface area (Å²) < 4.78 is 5.58. The fourth-order valence-electron chi connectivity index (χ4n) is 1.29. The average Bonchev–Trinajstić information content (AvgIpc) is 2.06. The fourth-order valence-corrected chi connectivity index (χ4v) is 1.98. The van der Waals surface area contributed by atoms with Crippen molar-refractivity contribution < 1.29 is 4.74 Å². The van der Waals surface area contributed by atoms with Gasteiger partial charge in [0.1, 0.15) is 5.75 Å². The van der Waals surface area contributed by atoms with Gasteiger partial charge in [0.2, 0.25) is 0 Å². The smallest absolute Gasteiger partial charge is 0.120 e. The topological polar surface area (TPSA) is 9.23 Å². The van der Waals surface area contributed by atoms with Crippen molar-refractivity contribution in [1.29, 1.82) is 0 Å². The Morgan fingerprint density at radius 2 is 2.00 bits per heavy atom. The Kier molecular flexibility index (Phi) is 2.92. The highest BCUT2D eigenvalue weighted by atomic mass is 28.1. The molecular formula is C10H16OSi. The molecule has 1 aromatic carbocycles. The summed E-state index contributed by atoms with van der Waals surface area (Å²) in [4.78, 5) is 0. The van der Waals surface area contributed by atoms with Crippen LogP contribution in [0.3, 0.4) is 0 Å². The summed E-state index contributed by atoms with van der Waals surface area (Å²) in [7, 11) is 1.06. The van der Waals surface area contributed by atoms with Crippen LogP contribution >= 0.6 is 0 Å². The summed E-state index contributed by atoms with van der Waals surface area (Å²) in [5.41, 5.74) is 2.61. The molecule has 2 heteroatoms. The number of hydrogen-bond donors (Lipinski definition) is 0. The van der Waals surface area contributed by atoms with Crippen molar-refractivity contribution in [3.05, 3.63) is 23.3 Å². The molecule has 0 bridgehead atoms. The SMILES string of the molecule is CCOc1c([SiH3])ccc(C)c1C. The highest BCUT2D eigenvalue weighted by Gasteiger charge is 2.04. The first-order chi connectivity index (χ1) is 5.66. The molecule has 0 fully saturated rings. The minimum Gasteiger partial charge on any atom is -0.494 e. The van der Waals surface area contributed by atoms with Crippen LogP contribution in [0, 0.1) is 13.8 Å². The van der Waals surface area contributed by atoms with Crippen molar-refractivity contribution in [2.45, 2.75) is 20.8 Å². The zero-order chi connectivity index (χ0) is 9.14. The highest BCUT2D eigenvalue weighted by molar-refractivity contribution is 6.34. The summed E-state index contributed by atoms with van der Waals surface area (Å²) in [6.07, 6.45) is 0. The molecular weight excluding hydrogens is 164 g/mol. The third kappa shape index (κ3) is 1.69. The average molecular weight is 180 g/mol. The van der Waals surface area contributed by atoms with Crippen LogP contribution in [-0.4, -0.2) is 16.8 Å². The van der Waals surface area contributed by atoms with Gasteiger partial charge in [-0.05, 0) is 37.1 Å². The van der Waals surface area contributed by atoms with E-state index in [1.54, 1.807) is 0 Å². The lowest BCUT2D eigenvalue weighted by atomic mass is 10.1. The summed E-state index contributed by atoms with van der Waals surface area (Å²) >= 11 is 0. The van der Waals surface area contributed by atoms with E-state index in [-0.39, 0.29) is 0 Å². The summed E-state index contributed by atoms with van der Waals surface area (Å²) in [6.45, 7) is 7.04. The van der Waals surface area contributed by atoms with Crippen molar-refractivity contribution in [3.8, 4) is 5.75 Å². The molecule has 0 aromatic heterocycles. The maximum atomic E-state index is 5.58. The van der Waals surface area contributed by atoms with Crippen LogP contribution in [0.15, 0.2) is 12.1 Å². The van der Waals surface area contributed by atoms with Gasteiger partial charge in [0, 0.05) is 10.2 Å². The number of rotatable bonds is 2. The normalized spacial score (nSPS) is 10.2. The second kappa shape index (κ2) is 3.76. The molecule has 66 valence electrons.